The van der Waals surface area contributed by atoms with Crippen LogP contribution in [0, 0.1) is 0 Å². The van der Waals surface area contributed by atoms with Gasteiger partial charge < -0.3 is 9.30 Å². The van der Waals surface area contributed by atoms with Crippen molar-refractivity contribution in [3.05, 3.63) is 103 Å². The number of carbonyl (C=O) groups excluding carboxylic acids is 1. The summed E-state index contributed by atoms with van der Waals surface area (Å²) in [6, 6.07) is 19.9. The lowest BCUT2D eigenvalue weighted by Crippen LogP contribution is -2.19. The molecule has 0 atom stereocenters. The third-order valence-corrected chi connectivity index (χ3v) is 6.65. The van der Waals surface area contributed by atoms with Crippen LogP contribution in [0.25, 0.3) is 5.69 Å². The van der Waals surface area contributed by atoms with Crippen LogP contribution < -0.4 is 14.9 Å². The molecule has 0 aliphatic carbocycles. The van der Waals surface area contributed by atoms with E-state index in [1.807, 2.05) is 42.0 Å². The minimum atomic E-state index is -3.78. The number of nitrogens with zero attached hydrogens (tertiary/aromatic N) is 3. The summed E-state index contributed by atoms with van der Waals surface area (Å²) in [7, 11) is -3.78. The molecular formula is C26H25N5O4S. The fourth-order valence-corrected chi connectivity index (χ4v) is 4.39. The molecule has 4 aromatic rings. The molecule has 2 N–H and O–H groups in total. The van der Waals surface area contributed by atoms with Gasteiger partial charge >= 0.3 is 0 Å². The van der Waals surface area contributed by atoms with E-state index >= 15 is 0 Å². The Balaban J connectivity index is 1.37. The first kappa shape index (κ1) is 24.7. The molecule has 4 rings (SSSR count). The van der Waals surface area contributed by atoms with Crippen molar-refractivity contribution < 1.29 is 17.9 Å². The smallest absolute Gasteiger partial charge is 0.271 e. The average molecular weight is 504 g/mol. The number of amides is 1. The number of imidazole rings is 1. The van der Waals surface area contributed by atoms with Gasteiger partial charge in [0.2, 0.25) is 0 Å². The Morgan fingerprint density at radius 2 is 1.64 bits per heavy atom. The molecule has 0 spiro atoms. The zero-order valence-corrected chi connectivity index (χ0v) is 20.6. The van der Waals surface area contributed by atoms with Crippen molar-refractivity contribution in [1.29, 1.82) is 0 Å². The molecule has 184 valence electrons. The van der Waals surface area contributed by atoms with Crippen molar-refractivity contribution >= 4 is 27.3 Å². The van der Waals surface area contributed by atoms with Crippen molar-refractivity contribution in [2.75, 3.05) is 11.3 Å². The normalized spacial score (nSPS) is 11.7. The average Bonchev–Trinajstić information content (AvgIpc) is 3.43. The molecule has 0 saturated heterocycles. The van der Waals surface area contributed by atoms with Crippen molar-refractivity contribution in [3.8, 4) is 11.4 Å². The van der Waals surface area contributed by atoms with Gasteiger partial charge in [0, 0.05) is 29.3 Å². The molecule has 9 nitrogen and oxygen atoms in total. The highest BCUT2D eigenvalue weighted by Gasteiger charge is 2.15. The lowest BCUT2D eigenvalue weighted by Gasteiger charge is -2.10. The molecule has 36 heavy (non-hydrogen) atoms. The number of ether oxygens (including phenoxy) is 1. The summed E-state index contributed by atoms with van der Waals surface area (Å²) in [6.45, 7) is 4.15. The van der Waals surface area contributed by atoms with Crippen LogP contribution in [-0.4, -0.2) is 36.2 Å². The van der Waals surface area contributed by atoms with Gasteiger partial charge in [0.05, 0.1) is 23.5 Å². The van der Waals surface area contributed by atoms with E-state index in [0.717, 1.165) is 11.3 Å². The Morgan fingerprint density at radius 1 is 0.972 bits per heavy atom. The van der Waals surface area contributed by atoms with Gasteiger partial charge in [-0.15, -0.1) is 0 Å². The number of hydrogen-bond acceptors (Lipinski definition) is 6. The molecule has 0 aliphatic heterocycles. The highest BCUT2D eigenvalue weighted by molar-refractivity contribution is 7.92. The number of sulfonamides is 1. The van der Waals surface area contributed by atoms with E-state index in [1.165, 1.54) is 36.4 Å². The zero-order chi connectivity index (χ0) is 25.5. The van der Waals surface area contributed by atoms with Crippen molar-refractivity contribution in [2.45, 2.75) is 18.7 Å². The van der Waals surface area contributed by atoms with Gasteiger partial charge in [0.15, 0.2) is 0 Å². The summed E-state index contributed by atoms with van der Waals surface area (Å²) >= 11 is 0. The maximum Gasteiger partial charge on any atom is 0.271 e. The summed E-state index contributed by atoms with van der Waals surface area (Å²) in [5.41, 5.74) is 5.67. The van der Waals surface area contributed by atoms with Crippen LogP contribution in [0.5, 0.6) is 5.75 Å². The first-order chi connectivity index (χ1) is 17.4. The molecule has 0 fully saturated rings. The second-order valence-corrected chi connectivity index (χ2v) is 9.42. The fourth-order valence-electron chi connectivity index (χ4n) is 3.34. The number of carbonyl (C=O) groups is 1. The minimum Gasteiger partial charge on any atom is -0.494 e. The Morgan fingerprint density at radius 3 is 2.25 bits per heavy atom. The van der Waals surface area contributed by atoms with E-state index < -0.39 is 15.9 Å². The Labute approximate surface area is 209 Å². The van der Waals surface area contributed by atoms with Crippen LogP contribution in [0.2, 0.25) is 0 Å². The summed E-state index contributed by atoms with van der Waals surface area (Å²) < 4.78 is 35.0. The van der Waals surface area contributed by atoms with Gasteiger partial charge in [0.1, 0.15) is 5.75 Å². The molecule has 10 heteroatoms. The van der Waals surface area contributed by atoms with Crippen LogP contribution in [-0.2, 0) is 10.0 Å². The Bertz CT molecular complexity index is 1450. The van der Waals surface area contributed by atoms with Crippen LogP contribution >= 0.6 is 0 Å². The quantitative estimate of drug-likeness (QED) is 0.262. The van der Waals surface area contributed by atoms with Crippen molar-refractivity contribution in [1.82, 2.24) is 15.0 Å². The molecule has 1 heterocycles. The number of rotatable bonds is 9. The molecule has 1 amide bonds. The van der Waals surface area contributed by atoms with E-state index in [2.05, 4.69) is 20.2 Å². The Hall–Kier alpha value is -4.44. The van der Waals surface area contributed by atoms with E-state index in [1.54, 1.807) is 31.6 Å². The predicted octanol–water partition coefficient (Wildman–Crippen LogP) is 4.23. The SMILES string of the molecule is CCOc1ccc(S(=O)(=O)Nc2ccc(C(=O)N/N=C(/C)c3ccc(-n4ccnc4)cc3)cc2)cc1. The van der Waals surface area contributed by atoms with E-state index in [-0.39, 0.29) is 4.90 Å². The Kier molecular flexibility index (Phi) is 7.45. The van der Waals surface area contributed by atoms with Gasteiger partial charge in [-0.05, 0) is 80.1 Å². The van der Waals surface area contributed by atoms with Crippen LogP contribution in [0.4, 0.5) is 5.69 Å². The molecule has 3 aromatic carbocycles. The number of benzene rings is 3. The number of aromatic nitrogens is 2. The summed E-state index contributed by atoms with van der Waals surface area (Å²) in [5, 5.41) is 4.18. The summed E-state index contributed by atoms with van der Waals surface area (Å²) in [5.74, 6) is 0.182. The maximum atomic E-state index is 12.6. The molecule has 0 bridgehead atoms. The lowest BCUT2D eigenvalue weighted by atomic mass is 10.1. The van der Waals surface area contributed by atoms with Crippen LogP contribution in [0.3, 0.4) is 0 Å². The van der Waals surface area contributed by atoms with E-state index in [9.17, 15) is 13.2 Å². The largest absolute Gasteiger partial charge is 0.494 e. The van der Waals surface area contributed by atoms with Gasteiger partial charge in [-0.2, -0.15) is 5.10 Å². The summed E-state index contributed by atoms with van der Waals surface area (Å²) in [4.78, 5) is 16.7. The van der Waals surface area contributed by atoms with E-state index in [0.29, 0.717) is 29.3 Å². The summed E-state index contributed by atoms with van der Waals surface area (Å²) in [6.07, 6.45) is 5.28. The lowest BCUT2D eigenvalue weighted by molar-refractivity contribution is 0.0955. The predicted molar refractivity (Wildman–Crippen MR) is 138 cm³/mol. The second kappa shape index (κ2) is 10.9. The minimum absolute atomic E-state index is 0.107. The fraction of sp³-hybridized carbons (Fsp3) is 0.115. The highest BCUT2D eigenvalue weighted by atomic mass is 32.2. The maximum absolute atomic E-state index is 12.6. The molecule has 0 radical (unpaired) electrons. The molecule has 1 aromatic heterocycles. The van der Waals surface area contributed by atoms with Gasteiger partial charge in [-0.25, -0.2) is 18.8 Å². The first-order valence-electron chi connectivity index (χ1n) is 11.1. The van der Waals surface area contributed by atoms with Crippen molar-refractivity contribution in [2.24, 2.45) is 5.10 Å². The third kappa shape index (κ3) is 5.97. The van der Waals surface area contributed by atoms with Gasteiger partial charge in [0.25, 0.3) is 15.9 Å². The van der Waals surface area contributed by atoms with E-state index in [4.69, 9.17) is 4.74 Å². The first-order valence-corrected chi connectivity index (χ1v) is 12.6. The van der Waals surface area contributed by atoms with Gasteiger partial charge in [-0.3, -0.25) is 9.52 Å². The number of anilines is 1. The standard InChI is InChI=1S/C26H25N5O4S/c1-3-35-24-12-14-25(15-13-24)36(33,34)30-22-8-4-21(5-9-22)26(32)29-28-19(2)20-6-10-23(11-7-20)31-17-16-27-18-31/h4-18,30H,3H2,1-2H3,(H,29,32)/b28-19-. The molecular weight excluding hydrogens is 478 g/mol. The highest BCUT2D eigenvalue weighted by Crippen LogP contribution is 2.20. The van der Waals surface area contributed by atoms with Crippen molar-refractivity contribution in [3.63, 3.8) is 0 Å². The second-order valence-electron chi connectivity index (χ2n) is 7.74. The third-order valence-electron chi connectivity index (χ3n) is 5.26. The van der Waals surface area contributed by atoms with Crippen LogP contribution in [0.1, 0.15) is 29.8 Å². The molecule has 0 aliphatic rings. The monoisotopic (exact) mass is 503 g/mol. The number of nitrogens with one attached hydrogen (secondary N) is 2. The molecule has 0 saturated carbocycles. The van der Waals surface area contributed by atoms with Gasteiger partial charge in [-0.1, -0.05) is 12.1 Å². The van der Waals surface area contributed by atoms with Crippen LogP contribution in [0.15, 0.2) is 102 Å². The zero-order valence-electron chi connectivity index (χ0n) is 19.8. The molecule has 0 unspecified atom stereocenters. The number of hydrazone groups is 1. The topological polar surface area (TPSA) is 115 Å². The number of hydrogen-bond donors (Lipinski definition) is 2.